The van der Waals surface area contributed by atoms with Crippen molar-refractivity contribution >= 4 is 11.7 Å². The van der Waals surface area contributed by atoms with Crippen molar-refractivity contribution < 1.29 is 4.79 Å². The molecule has 2 saturated carbocycles. The van der Waals surface area contributed by atoms with Crippen LogP contribution < -0.4 is 11.3 Å². The van der Waals surface area contributed by atoms with Gasteiger partial charge in [0.15, 0.2) is 0 Å². The topological polar surface area (TPSA) is 71.2 Å². The quantitative estimate of drug-likeness (QED) is 0.597. The Kier molecular flexibility index (Phi) is 4.10. The van der Waals surface area contributed by atoms with Gasteiger partial charge >= 0.3 is 0 Å². The first-order valence-electron chi connectivity index (χ1n) is 7.99. The number of anilines is 1. The fourth-order valence-corrected chi connectivity index (χ4v) is 2.70. The molecular formula is C16H24N4O. The molecule has 0 aromatic carbocycles. The van der Waals surface area contributed by atoms with Crippen LogP contribution in [0.5, 0.6) is 0 Å². The number of aromatic nitrogens is 1. The first-order valence-corrected chi connectivity index (χ1v) is 7.99. The van der Waals surface area contributed by atoms with Crippen molar-refractivity contribution in [1.82, 2.24) is 9.88 Å². The van der Waals surface area contributed by atoms with E-state index >= 15 is 0 Å². The van der Waals surface area contributed by atoms with Gasteiger partial charge in [-0.05, 0) is 50.2 Å². The van der Waals surface area contributed by atoms with Gasteiger partial charge in [-0.3, -0.25) is 4.79 Å². The average Bonchev–Trinajstić information content (AvgIpc) is 3.37. The molecular weight excluding hydrogens is 264 g/mol. The van der Waals surface area contributed by atoms with Gasteiger partial charge in [-0.2, -0.15) is 0 Å². The highest BCUT2D eigenvalue weighted by Crippen LogP contribution is 2.35. The van der Waals surface area contributed by atoms with Gasteiger partial charge in [0.2, 0.25) is 0 Å². The summed E-state index contributed by atoms with van der Waals surface area (Å²) < 4.78 is 0. The molecule has 0 unspecified atom stereocenters. The summed E-state index contributed by atoms with van der Waals surface area (Å²) in [7, 11) is 0. The second-order valence-corrected chi connectivity index (χ2v) is 6.26. The molecule has 3 rings (SSSR count). The molecule has 5 nitrogen and oxygen atoms in total. The molecule has 0 spiro atoms. The number of nitrogens with zero attached hydrogens (tertiary/aromatic N) is 2. The maximum absolute atomic E-state index is 12.8. The van der Waals surface area contributed by atoms with E-state index in [0.717, 1.165) is 43.8 Å². The SMILES string of the molecule is CCCc1cc(C(=O)N(CC2CC2)C2CC2)cc(NN)n1. The molecule has 1 aromatic heterocycles. The van der Waals surface area contributed by atoms with E-state index in [1.165, 1.54) is 12.8 Å². The molecule has 1 heterocycles. The van der Waals surface area contributed by atoms with Gasteiger partial charge in [0.25, 0.3) is 5.91 Å². The van der Waals surface area contributed by atoms with Gasteiger partial charge in [0.05, 0.1) is 0 Å². The van der Waals surface area contributed by atoms with Crippen LogP contribution in [0.15, 0.2) is 12.1 Å². The molecule has 2 aliphatic rings. The second-order valence-electron chi connectivity index (χ2n) is 6.26. The van der Waals surface area contributed by atoms with E-state index in [2.05, 4.69) is 22.2 Å². The van der Waals surface area contributed by atoms with Crippen LogP contribution in [0, 0.1) is 5.92 Å². The minimum absolute atomic E-state index is 0.139. The number of carbonyl (C=O) groups excluding carboxylic acids is 1. The molecule has 0 saturated heterocycles. The van der Waals surface area contributed by atoms with Crippen molar-refractivity contribution in [1.29, 1.82) is 0 Å². The molecule has 2 aliphatic carbocycles. The minimum atomic E-state index is 0.139. The van der Waals surface area contributed by atoms with Crippen LogP contribution in [-0.2, 0) is 6.42 Å². The lowest BCUT2D eigenvalue weighted by Gasteiger charge is -2.23. The number of pyridine rings is 1. The molecule has 0 bridgehead atoms. The van der Waals surface area contributed by atoms with E-state index in [4.69, 9.17) is 5.84 Å². The number of hydrogen-bond acceptors (Lipinski definition) is 4. The van der Waals surface area contributed by atoms with Crippen molar-refractivity contribution in [3.63, 3.8) is 0 Å². The Bertz CT molecular complexity index is 523. The van der Waals surface area contributed by atoms with Crippen LogP contribution in [0.4, 0.5) is 5.82 Å². The van der Waals surface area contributed by atoms with Gasteiger partial charge in [-0.15, -0.1) is 0 Å². The normalized spacial score (nSPS) is 17.6. The van der Waals surface area contributed by atoms with E-state index in [1.807, 2.05) is 6.07 Å². The van der Waals surface area contributed by atoms with Gasteiger partial charge in [-0.25, -0.2) is 10.8 Å². The average molecular weight is 288 g/mol. The van der Waals surface area contributed by atoms with Crippen molar-refractivity contribution in [3.05, 3.63) is 23.4 Å². The number of hydrazine groups is 1. The first-order chi connectivity index (χ1) is 10.2. The van der Waals surface area contributed by atoms with E-state index < -0.39 is 0 Å². The van der Waals surface area contributed by atoms with Crippen molar-refractivity contribution in [2.45, 2.75) is 51.5 Å². The Hall–Kier alpha value is -1.62. The zero-order valence-corrected chi connectivity index (χ0v) is 12.6. The number of hydrogen-bond donors (Lipinski definition) is 2. The Morgan fingerprint density at radius 2 is 2.14 bits per heavy atom. The zero-order valence-electron chi connectivity index (χ0n) is 12.6. The summed E-state index contributed by atoms with van der Waals surface area (Å²) in [5.41, 5.74) is 4.22. The number of nitrogens with two attached hydrogens (primary N) is 1. The third kappa shape index (κ3) is 3.53. The number of aryl methyl sites for hydroxylation is 1. The van der Waals surface area contributed by atoms with E-state index in [9.17, 15) is 4.79 Å². The van der Waals surface area contributed by atoms with Crippen LogP contribution in [0.2, 0.25) is 0 Å². The smallest absolute Gasteiger partial charge is 0.254 e. The molecule has 0 aliphatic heterocycles. The van der Waals surface area contributed by atoms with Crippen molar-refractivity contribution in [2.75, 3.05) is 12.0 Å². The van der Waals surface area contributed by atoms with Crippen LogP contribution in [-0.4, -0.2) is 28.4 Å². The molecule has 5 heteroatoms. The fourth-order valence-electron chi connectivity index (χ4n) is 2.70. The Labute approximate surface area is 125 Å². The highest BCUT2D eigenvalue weighted by Gasteiger charge is 2.37. The van der Waals surface area contributed by atoms with E-state index in [-0.39, 0.29) is 5.91 Å². The summed E-state index contributed by atoms with van der Waals surface area (Å²) in [4.78, 5) is 19.3. The Morgan fingerprint density at radius 1 is 1.38 bits per heavy atom. The lowest BCUT2D eigenvalue weighted by atomic mass is 10.1. The van der Waals surface area contributed by atoms with Crippen LogP contribution in [0.25, 0.3) is 0 Å². The van der Waals surface area contributed by atoms with Gasteiger partial charge in [0, 0.05) is 23.8 Å². The molecule has 0 atom stereocenters. The molecule has 21 heavy (non-hydrogen) atoms. The maximum atomic E-state index is 12.8. The van der Waals surface area contributed by atoms with Crippen LogP contribution >= 0.6 is 0 Å². The molecule has 0 radical (unpaired) electrons. The van der Waals surface area contributed by atoms with Crippen molar-refractivity contribution in [2.24, 2.45) is 11.8 Å². The summed E-state index contributed by atoms with van der Waals surface area (Å²) in [5.74, 6) is 6.92. The number of carbonyl (C=O) groups is 1. The van der Waals surface area contributed by atoms with E-state index in [1.54, 1.807) is 6.07 Å². The number of nitrogens with one attached hydrogen (secondary N) is 1. The predicted octanol–water partition coefficient (Wildman–Crippen LogP) is 2.33. The second kappa shape index (κ2) is 6.02. The van der Waals surface area contributed by atoms with Gasteiger partial charge in [-0.1, -0.05) is 13.3 Å². The molecule has 1 amide bonds. The van der Waals surface area contributed by atoms with Crippen LogP contribution in [0.1, 0.15) is 55.1 Å². The summed E-state index contributed by atoms with van der Waals surface area (Å²) in [5, 5.41) is 0. The zero-order chi connectivity index (χ0) is 14.8. The summed E-state index contributed by atoms with van der Waals surface area (Å²) in [6.45, 7) is 3.02. The largest absolute Gasteiger partial charge is 0.335 e. The lowest BCUT2D eigenvalue weighted by molar-refractivity contribution is 0.0734. The number of amides is 1. The highest BCUT2D eigenvalue weighted by atomic mass is 16.2. The molecule has 1 aromatic rings. The van der Waals surface area contributed by atoms with Crippen molar-refractivity contribution in [3.8, 4) is 0 Å². The van der Waals surface area contributed by atoms with Crippen LogP contribution in [0.3, 0.4) is 0 Å². The monoisotopic (exact) mass is 288 g/mol. The fraction of sp³-hybridized carbons (Fsp3) is 0.625. The Morgan fingerprint density at radius 3 is 2.71 bits per heavy atom. The molecule has 3 N–H and O–H groups in total. The van der Waals surface area contributed by atoms with Gasteiger partial charge < -0.3 is 10.3 Å². The first kappa shape index (κ1) is 14.3. The number of nitrogen functional groups attached to an aromatic ring is 1. The lowest BCUT2D eigenvalue weighted by Crippen LogP contribution is -2.35. The number of rotatable bonds is 7. The standard InChI is InChI=1S/C16H24N4O/c1-2-3-13-8-12(9-15(18-13)19-17)16(21)20(14-6-7-14)10-11-4-5-11/h8-9,11,14H,2-7,10,17H2,1H3,(H,18,19). The molecule has 2 fully saturated rings. The summed E-state index contributed by atoms with van der Waals surface area (Å²) >= 11 is 0. The predicted molar refractivity (Wildman–Crippen MR) is 82.8 cm³/mol. The third-order valence-electron chi connectivity index (χ3n) is 4.18. The summed E-state index contributed by atoms with van der Waals surface area (Å²) in [6.07, 6.45) is 6.69. The summed E-state index contributed by atoms with van der Waals surface area (Å²) in [6, 6.07) is 4.15. The maximum Gasteiger partial charge on any atom is 0.254 e. The molecule has 114 valence electrons. The third-order valence-corrected chi connectivity index (χ3v) is 4.18. The highest BCUT2D eigenvalue weighted by molar-refractivity contribution is 5.95. The van der Waals surface area contributed by atoms with E-state index in [0.29, 0.717) is 17.4 Å². The Balaban J connectivity index is 1.82. The minimum Gasteiger partial charge on any atom is -0.335 e. The van der Waals surface area contributed by atoms with Gasteiger partial charge in [0.1, 0.15) is 5.82 Å².